The minimum atomic E-state index is -0.250. The van der Waals surface area contributed by atoms with Gasteiger partial charge in [0.25, 0.3) is 0 Å². The largest absolute Gasteiger partial charge is 0.462 e. The van der Waals surface area contributed by atoms with Crippen LogP contribution in [0.15, 0.2) is 48.5 Å². The van der Waals surface area contributed by atoms with E-state index in [1.807, 2.05) is 31.2 Å². The molecule has 1 aliphatic heterocycles. The van der Waals surface area contributed by atoms with Crippen LogP contribution in [0.2, 0.25) is 0 Å². The van der Waals surface area contributed by atoms with Crippen molar-refractivity contribution in [3.8, 4) is 0 Å². The van der Waals surface area contributed by atoms with Gasteiger partial charge in [-0.05, 0) is 79.3 Å². The van der Waals surface area contributed by atoms with Gasteiger partial charge in [0.2, 0.25) is 0 Å². The highest BCUT2D eigenvalue weighted by atomic mass is 16.5. The highest BCUT2D eigenvalue weighted by Gasteiger charge is 2.54. The zero-order valence-electron chi connectivity index (χ0n) is 20.9. The molecule has 0 radical (unpaired) electrons. The Balaban J connectivity index is 1.17. The van der Waals surface area contributed by atoms with Crippen LogP contribution in [0.1, 0.15) is 56.0 Å². The zero-order chi connectivity index (χ0) is 23.7. The molecule has 3 atom stereocenters. The third-order valence-corrected chi connectivity index (χ3v) is 8.73. The molecule has 1 saturated heterocycles. The van der Waals surface area contributed by atoms with E-state index >= 15 is 0 Å². The first-order valence-electron chi connectivity index (χ1n) is 13.0. The van der Waals surface area contributed by atoms with Gasteiger partial charge in [-0.1, -0.05) is 32.0 Å². The normalized spacial score (nSPS) is 26.0. The highest BCUT2D eigenvalue weighted by molar-refractivity contribution is 5.89. The number of nitrogens with one attached hydrogen (secondary N) is 1. The Kier molecular flexibility index (Phi) is 6.57. The van der Waals surface area contributed by atoms with Gasteiger partial charge in [0, 0.05) is 50.1 Å². The lowest BCUT2D eigenvalue weighted by molar-refractivity contribution is -0.0728. The molecular weight excluding hydrogens is 422 g/mol. The third kappa shape index (κ3) is 4.55. The van der Waals surface area contributed by atoms with Gasteiger partial charge in [-0.3, -0.25) is 4.90 Å². The number of hydrogen-bond acceptors (Lipinski definition) is 5. The summed E-state index contributed by atoms with van der Waals surface area (Å²) in [6.07, 6.45) is 4.07. The second-order valence-electron chi connectivity index (χ2n) is 10.9. The number of fused-ring (bicyclic) bond motifs is 2. The Morgan fingerprint density at radius 1 is 1.03 bits per heavy atom. The van der Waals surface area contributed by atoms with Crippen LogP contribution in [0.5, 0.6) is 0 Å². The molecule has 0 amide bonds. The summed E-state index contributed by atoms with van der Waals surface area (Å²) in [5.41, 5.74) is 5.02. The summed E-state index contributed by atoms with van der Waals surface area (Å²) in [5, 5.41) is 3.97. The number of carbonyl (C=O) groups excluding carboxylic acids is 1. The molecule has 3 saturated carbocycles. The molecule has 1 N–H and O–H groups in total. The molecule has 4 fully saturated rings. The van der Waals surface area contributed by atoms with E-state index in [9.17, 15) is 4.79 Å². The van der Waals surface area contributed by atoms with Gasteiger partial charge in [0.15, 0.2) is 0 Å². The van der Waals surface area contributed by atoms with Crippen molar-refractivity contribution in [1.29, 1.82) is 0 Å². The van der Waals surface area contributed by atoms with Crippen LogP contribution in [0.4, 0.5) is 11.4 Å². The number of hydrogen-bond donors (Lipinski definition) is 1. The Hall–Kier alpha value is -2.53. The first kappa shape index (κ1) is 23.2. The van der Waals surface area contributed by atoms with E-state index in [4.69, 9.17) is 4.74 Å². The van der Waals surface area contributed by atoms with Gasteiger partial charge >= 0.3 is 5.97 Å². The van der Waals surface area contributed by atoms with Crippen LogP contribution < -0.4 is 10.2 Å². The quantitative estimate of drug-likeness (QED) is 0.558. The molecule has 5 nitrogen and oxygen atoms in total. The molecule has 0 aromatic heterocycles. The average molecular weight is 462 g/mol. The second kappa shape index (κ2) is 9.61. The van der Waals surface area contributed by atoms with Gasteiger partial charge in [0.05, 0.1) is 12.2 Å². The molecule has 2 aromatic rings. The number of benzene rings is 2. The minimum absolute atomic E-state index is 0.250. The lowest BCUT2D eigenvalue weighted by Gasteiger charge is -2.60. The summed E-state index contributed by atoms with van der Waals surface area (Å²) < 4.78 is 5.10. The molecule has 0 spiro atoms. The van der Waals surface area contributed by atoms with Crippen molar-refractivity contribution in [1.82, 2.24) is 4.90 Å². The smallest absolute Gasteiger partial charge is 0.338 e. The minimum Gasteiger partial charge on any atom is -0.462 e. The predicted octanol–water partition coefficient (Wildman–Crippen LogP) is 5.42. The van der Waals surface area contributed by atoms with Crippen LogP contribution >= 0.6 is 0 Å². The van der Waals surface area contributed by atoms with E-state index in [2.05, 4.69) is 53.2 Å². The summed E-state index contributed by atoms with van der Waals surface area (Å²) in [7, 11) is 0. The Bertz CT molecular complexity index is 993. The SMILES string of the molecule is CCOC(=O)c1ccc(N2CCN(Cc3ccccc3NC3CCC4CC3C4(C)C)CC2)cc1. The van der Waals surface area contributed by atoms with Crippen molar-refractivity contribution >= 4 is 17.3 Å². The maximum absolute atomic E-state index is 11.9. The number of carbonyl (C=O) groups is 1. The zero-order valence-corrected chi connectivity index (χ0v) is 20.9. The van der Waals surface area contributed by atoms with E-state index in [1.165, 1.54) is 36.2 Å². The average Bonchev–Trinajstić information content (AvgIpc) is 2.86. The molecule has 34 heavy (non-hydrogen) atoms. The first-order valence-corrected chi connectivity index (χ1v) is 13.0. The Morgan fingerprint density at radius 3 is 2.44 bits per heavy atom. The molecule has 2 aromatic carbocycles. The van der Waals surface area contributed by atoms with Gasteiger partial charge in [0.1, 0.15) is 0 Å². The molecule has 3 unspecified atom stereocenters. The standard InChI is InChI=1S/C29H39N3O2/c1-4-34-28(33)21-9-12-24(13-10-21)32-17-15-31(16-18-32)20-22-7-5-6-8-26(22)30-27-14-11-23-19-25(27)29(23,2)3/h5-10,12-13,23,25,27,30H,4,11,14-20H2,1-3H3. The monoisotopic (exact) mass is 461 g/mol. The summed E-state index contributed by atoms with van der Waals surface area (Å²) in [6.45, 7) is 12.2. The van der Waals surface area contributed by atoms with E-state index in [0.29, 0.717) is 23.6 Å². The molecular formula is C29H39N3O2. The van der Waals surface area contributed by atoms with Gasteiger partial charge < -0.3 is 15.0 Å². The van der Waals surface area contributed by atoms with E-state index in [1.54, 1.807) is 0 Å². The van der Waals surface area contributed by atoms with Crippen molar-refractivity contribution in [2.75, 3.05) is 43.0 Å². The van der Waals surface area contributed by atoms with Crippen molar-refractivity contribution < 1.29 is 9.53 Å². The summed E-state index contributed by atoms with van der Waals surface area (Å²) in [4.78, 5) is 16.9. The van der Waals surface area contributed by atoms with Crippen molar-refractivity contribution in [2.24, 2.45) is 17.3 Å². The molecule has 2 bridgehead atoms. The number of nitrogens with zero attached hydrogens (tertiary/aromatic N) is 2. The molecule has 5 heteroatoms. The number of rotatable bonds is 7. The van der Waals surface area contributed by atoms with E-state index in [-0.39, 0.29) is 5.97 Å². The Morgan fingerprint density at radius 2 is 1.76 bits per heavy atom. The molecule has 6 rings (SSSR count). The summed E-state index contributed by atoms with van der Waals surface area (Å²) in [6, 6.07) is 17.3. The van der Waals surface area contributed by atoms with Crippen LogP contribution in [0.3, 0.4) is 0 Å². The van der Waals surface area contributed by atoms with Gasteiger partial charge in [-0.2, -0.15) is 0 Å². The van der Waals surface area contributed by atoms with Gasteiger partial charge in [-0.15, -0.1) is 0 Å². The van der Waals surface area contributed by atoms with Crippen LogP contribution in [-0.2, 0) is 11.3 Å². The van der Waals surface area contributed by atoms with Crippen molar-refractivity contribution in [3.63, 3.8) is 0 Å². The molecule has 4 aliphatic rings. The Labute approximate surface area is 204 Å². The highest BCUT2D eigenvalue weighted by Crippen LogP contribution is 2.59. The summed E-state index contributed by atoms with van der Waals surface area (Å²) in [5.74, 6) is 1.49. The van der Waals surface area contributed by atoms with Crippen LogP contribution in [-0.4, -0.2) is 49.7 Å². The number of esters is 1. The number of para-hydroxylation sites is 1. The first-order chi connectivity index (χ1) is 16.5. The summed E-state index contributed by atoms with van der Waals surface area (Å²) >= 11 is 0. The van der Waals surface area contributed by atoms with Crippen LogP contribution in [0, 0.1) is 17.3 Å². The van der Waals surface area contributed by atoms with E-state index in [0.717, 1.165) is 44.6 Å². The second-order valence-corrected chi connectivity index (χ2v) is 10.9. The third-order valence-electron chi connectivity index (χ3n) is 8.73. The predicted molar refractivity (Wildman–Crippen MR) is 138 cm³/mol. The fourth-order valence-electron chi connectivity index (χ4n) is 6.41. The van der Waals surface area contributed by atoms with Crippen LogP contribution in [0.25, 0.3) is 0 Å². The topological polar surface area (TPSA) is 44.8 Å². The number of ether oxygens (including phenoxy) is 1. The van der Waals surface area contributed by atoms with Crippen molar-refractivity contribution in [2.45, 2.75) is 52.6 Å². The fourth-order valence-corrected chi connectivity index (χ4v) is 6.41. The molecule has 1 heterocycles. The van der Waals surface area contributed by atoms with E-state index < -0.39 is 0 Å². The fraction of sp³-hybridized carbons (Fsp3) is 0.552. The van der Waals surface area contributed by atoms with Gasteiger partial charge in [-0.25, -0.2) is 4.79 Å². The molecule has 3 aliphatic carbocycles. The maximum Gasteiger partial charge on any atom is 0.338 e. The number of piperazine rings is 1. The molecule has 182 valence electrons. The lowest BCUT2D eigenvalue weighted by atomic mass is 9.47. The maximum atomic E-state index is 11.9. The number of anilines is 2. The van der Waals surface area contributed by atoms with Crippen molar-refractivity contribution in [3.05, 3.63) is 59.7 Å². The lowest BCUT2D eigenvalue weighted by Crippen LogP contribution is -2.56.